The summed E-state index contributed by atoms with van der Waals surface area (Å²) in [6.45, 7) is 8.83. The van der Waals surface area contributed by atoms with Crippen LogP contribution in [0.25, 0.3) is 0 Å². The molecule has 2 rings (SSSR count). The third-order valence-corrected chi connectivity index (χ3v) is 5.42. The molecule has 2 heteroatoms. The standard InChI is InChI=1S/C17H29NO/c1-16(2,3)15-4-8-17(13-18,9-5-15)12-14-6-10-19-11-7-14/h14-15H,4-12H2,1-3H3. The predicted molar refractivity (Wildman–Crippen MR) is 77.6 cm³/mol. The van der Waals surface area contributed by atoms with Gasteiger partial charge in [0.15, 0.2) is 0 Å². The second-order valence-electron chi connectivity index (χ2n) is 7.79. The van der Waals surface area contributed by atoms with Crippen molar-refractivity contribution in [2.45, 2.75) is 65.7 Å². The zero-order valence-electron chi connectivity index (χ0n) is 12.9. The maximum absolute atomic E-state index is 9.68. The molecule has 0 N–H and O–H groups in total. The van der Waals surface area contributed by atoms with Crippen molar-refractivity contribution in [1.82, 2.24) is 0 Å². The van der Waals surface area contributed by atoms with Gasteiger partial charge in [0.05, 0.1) is 11.5 Å². The van der Waals surface area contributed by atoms with Crippen molar-refractivity contribution in [2.24, 2.45) is 22.7 Å². The average molecular weight is 263 g/mol. The van der Waals surface area contributed by atoms with Crippen LogP contribution < -0.4 is 0 Å². The smallest absolute Gasteiger partial charge is 0.0689 e. The number of ether oxygens (including phenoxy) is 1. The summed E-state index contributed by atoms with van der Waals surface area (Å²) in [7, 11) is 0. The minimum Gasteiger partial charge on any atom is -0.381 e. The highest BCUT2D eigenvalue weighted by Gasteiger charge is 2.40. The Morgan fingerprint density at radius 3 is 2.16 bits per heavy atom. The van der Waals surface area contributed by atoms with Gasteiger partial charge in [0.1, 0.15) is 0 Å². The van der Waals surface area contributed by atoms with E-state index >= 15 is 0 Å². The zero-order chi connectivity index (χ0) is 13.9. The molecule has 0 atom stereocenters. The van der Waals surface area contributed by atoms with E-state index in [0.717, 1.165) is 57.2 Å². The Hall–Kier alpha value is -0.550. The molecule has 1 aliphatic heterocycles. The molecular weight excluding hydrogens is 234 g/mol. The van der Waals surface area contributed by atoms with Gasteiger partial charge in [0.2, 0.25) is 0 Å². The molecule has 0 radical (unpaired) electrons. The Morgan fingerprint density at radius 2 is 1.68 bits per heavy atom. The van der Waals surface area contributed by atoms with Crippen molar-refractivity contribution in [3.05, 3.63) is 0 Å². The molecule has 0 amide bonds. The van der Waals surface area contributed by atoms with Crippen molar-refractivity contribution < 1.29 is 4.74 Å². The molecule has 1 aliphatic carbocycles. The lowest BCUT2D eigenvalue weighted by Gasteiger charge is -2.42. The Bertz CT molecular complexity index is 322. The molecule has 2 fully saturated rings. The van der Waals surface area contributed by atoms with Gasteiger partial charge in [-0.2, -0.15) is 5.26 Å². The first-order chi connectivity index (χ1) is 8.95. The van der Waals surface area contributed by atoms with Gasteiger partial charge in [-0.25, -0.2) is 0 Å². The quantitative estimate of drug-likeness (QED) is 0.732. The Balaban J connectivity index is 1.92. The lowest BCUT2D eigenvalue weighted by Crippen LogP contribution is -2.34. The molecule has 0 aromatic rings. The van der Waals surface area contributed by atoms with Crippen molar-refractivity contribution in [3.8, 4) is 6.07 Å². The Morgan fingerprint density at radius 1 is 1.11 bits per heavy atom. The van der Waals surface area contributed by atoms with Crippen LogP contribution in [0.15, 0.2) is 0 Å². The molecule has 0 spiro atoms. The summed E-state index contributed by atoms with van der Waals surface area (Å²) in [5.41, 5.74) is 0.379. The van der Waals surface area contributed by atoms with E-state index in [-0.39, 0.29) is 5.41 Å². The van der Waals surface area contributed by atoms with Gasteiger partial charge in [-0.1, -0.05) is 20.8 Å². The summed E-state index contributed by atoms with van der Waals surface area (Å²) in [6.07, 6.45) is 8.13. The molecule has 0 aromatic heterocycles. The summed E-state index contributed by atoms with van der Waals surface area (Å²) in [5.74, 6) is 1.52. The third-order valence-electron chi connectivity index (χ3n) is 5.42. The van der Waals surface area contributed by atoms with Crippen LogP contribution in [-0.2, 0) is 4.74 Å². The largest absolute Gasteiger partial charge is 0.381 e. The van der Waals surface area contributed by atoms with Crippen molar-refractivity contribution in [3.63, 3.8) is 0 Å². The minimum atomic E-state index is -0.0241. The normalized spacial score (nSPS) is 33.9. The van der Waals surface area contributed by atoms with Crippen LogP contribution in [0.4, 0.5) is 0 Å². The number of nitriles is 1. The van der Waals surface area contributed by atoms with Crippen LogP contribution in [0.5, 0.6) is 0 Å². The van der Waals surface area contributed by atoms with Crippen molar-refractivity contribution >= 4 is 0 Å². The molecule has 2 nitrogen and oxygen atoms in total. The molecule has 1 saturated carbocycles. The average Bonchev–Trinajstić information content (AvgIpc) is 2.39. The molecule has 108 valence electrons. The summed E-state index contributed by atoms with van der Waals surface area (Å²) >= 11 is 0. The first kappa shape index (κ1) is 14.9. The molecule has 1 heterocycles. The fourth-order valence-electron chi connectivity index (χ4n) is 3.90. The molecule has 0 aromatic carbocycles. The second kappa shape index (κ2) is 5.83. The van der Waals surface area contributed by atoms with E-state index in [1.54, 1.807) is 0 Å². The fourth-order valence-corrected chi connectivity index (χ4v) is 3.90. The van der Waals surface area contributed by atoms with Gasteiger partial charge in [0, 0.05) is 13.2 Å². The van der Waals surface area contributed by atoms with E-state index in [4.69, 9.17) is 4.74 Å². The van der Waals surface area contributed by atoms with Crippen LogP contribution in [0, 0.1) is 34.0 Å². The van der Waals surface area contributed by atoms with Crippen LogP contribution >= 0.6 is 0 Å². The lowest BCUT2D eigenvalue weighted by atomic mass is 9.62. The maximum atomic E-state index is 9.68. The Labute approximate surface area is 118 Å². The molecular formula is C17H29NO. The molecule has 2 aliphatic rings. The van der Waals surface area contributed by atoms with Gasteiger partial charge in [-0.3, -0.25) is 0 Å². The lowest BCUT2D eigenvalue weighted by molar-refractivity contribution is 0.0398. The first-order valence-electron chi connectivity index (χ1n) is 7.94. The van der Waals surface area contributed by atoms with Gasteiger partial charge in [-0.15, -0.1) is 0 Å². The number of hydrogen-bond donors (Lipinski definition) is 0. The van der Waals surface area contributed by atoms with Crippen LogP contribution in [0.1, 0.15) is 65.7 Å². The molecule has 19 heavy (non-hydrogen) atoms. The number of nitrogens with zero attached hydrogens (tertiary/aromatic N) is 1. The second-order valence-corrected chi connectivity index (χ2v) is 7.79. The summed E-state index contributed by atoms with van der Waals surface area (Å²) in [6, 6.07) is 2.70. The van der Waals surface area contributed by atoms with E-state index in [0.29, 0.717) is 5.41 Å². The van der Waals surface area contributed by atoms with E-state index in [2.05, 4.69) is 26.8 Å². The highest BCUT2D eigenvalue weighted by atomic mass is 16.5. The van der Waals surface area contributed by atoms with Gasteiger partial charge in [-0.05, 0) is 62.2 Å². The molecule has 0 bridgehead atoms. The number of hydrogen-bond acceptors (Lipinski definition) is 2. The van der Waals surface area contributed by atoms with Gasteiger partial charge >= 0.3 is 0 Å². The van der Waals surface area contributed by atoms with Crippen LogP contribution in [0.2, 0.25) is 0 Å². The summed E-state index contributed by atoms with van der Waals surface area (Å²) in [4.78, 5) is 0. The minimum absolute atomic E-state index is 0.0241. The van der Waals surface area contributed by atoms with Crippen molar-refractivity contribution in [2.75, 3.05) is 13.2 Å². The van der Waals surface area contributed by atoms with Crippen LogP contribution in [0.3, 0.4) is 0 Å². The zero-order valence-corrected chi connectivity index (χ0v) is 12.9. The third kappa shape index (κ3) is 3.72. The van der Waals surface area contributed by atoms with E-state index in [1.807, 2.05) is 0 Å². The predicted octanol–water partition coefficient (Wildman–Crippen LogP) is 4.55. The van der Waals surface area contributed by atoms with E-state index < -0.39 is 0 Å². The van der Waals surface area contributed by atoms with E-state index in [1.165, 1.54) is 12.8 Å². The highest BCUT2D eigenvalue weighted by molar-refractivity contribution is 5.03. The Kier molecular flexibility index (Phi) is 4.56. The topological polar surface area (TPSA) is 33.0 Å². The van der Waals surface area contributed by atoms with Gasteiger partial charge in [0.25, 0.3) is 0 Å². The number of rotatable bonds is 2. The monoisotopic (exact) mass is 263 g/mol. The molecule has 1 saturated heterocycles. The summed E-state index contributed by atoms with van der Waals surface area (Å²) in [5, 5.41) is 9.68. The SMILES string of the molecule is CC(C)(C)C1CCC(C#N)(CC2CCOCC2)CC1. The highest BCUT2D eigenvalue weighted by Crippen LogP contribution is 2.48. The van der Waals surface area contributed by atoms with Gasteiger partial charge < -0.3 is 4.74 Å². The molecule has 0 unspecified atom stereocenters. The summed E-state index contributed by atoms with van der Waals surface area (Å²) < 4.78 is 5.43. The van der Waals surface area contributed by atoms with E-state index in [9.17, 15) is 5.26 Å². The van der Waals surface area contributed by atoms with Crippen molar-refractivity contribution in [1.29, 1.82) is 5.26 Å². The fraction of sp³-hybridized carbons (Fsp3) is 0.941. The maximum Gasteiger partial charge on any atom is 0.0689 e. The van der Waals surface area contributed by atoms with Crippen LogP contribution in [-0.4, -0.2) is 13.2 Å². The first-order valence-corrected chi connectivity index (χ1v) is 7.94.